The minimum atomic E-state index is -0.926. The molecule has 1 saturated heterocycles. The molecule has 1 aromatic heterocycles. The maximum atomic E-state index is 12.9. The van der Waals surface area contributed by atoms with Crippen LogP contribution in [-0.4, -0.2) is 40.7 Å². The highest BCUT2D eigenvalue weighted by Crippen LogP contribution is 2.38. The minimum Gasteiger partial charge on any atom is -0.451 e. The molecule has 2 fully saturated rings. The van der Waals surface area contributed by atoms with Gasteiger partial charge in [0.1, 0.15) is 17.7 Å². The SMILES string of the molecule is Cc1c(C(=O)NNC(=O)CN2C(=O)NC3(CCCCC3C)C2=O)oc2ccccc12. The summed E-state index contributed by atoms with van der Waals surface area (Å²) in [5.74, 6) is -1.59. The first-order chi connectivity index (χ1) is 14.3. The topological polar surface area (TPSA) is 121 Å². The zero-order valence-corrected chi connectivity index (χ0v) is 16.9. The number of para-hydroxylation sites is 1. The Hall–Kier alpha value is -3.36. The average Bonchev–Trinajstić information content (AvgIpc) is 3.19. The number of rotatable bonds is 3. The van der Waals surface area contributed by atoms with Crippen LogP contribution in [-0.2, 0) is 9.59 Å². The van der Waals surface area contributed by atoms with Gasteiger partial charge in [-0.15, -0.1) is 0 Å². The number of aryl methyl sites for hydroxylation is 1. The highest BCUT2D eigenvalue weighted by atomic mass is 16.3. The van der Waals surface area contributed by atoms with Gasteiger partial charge in [-0.05, 0) is 31.7 Å². The van der Waals surface area contributed by atoms with Crippen molar-refractivity contribution in [3.8, 4) is 0 Å². The van der Waals surface area contributed by atoms with Crippen LogP contribution in [0, 0.1) is 12.8 Å². The fourth-order valence-corrected chi connectivity index (χ4v) is 4.40. The summed E-state index contributed by atoms with van der Waals surface area (Å²) in [6, 6.07) is 6.64. The van der Waals surface area contributed by atoms with E-state index < -0.39 is 29.9 Å². The van der Waals surface area contributed by atoms with Gasteiger partial charge in [-0.25, -0.2) is 4.79 Å². The van der Waals surface area contributed by atoms with Crippen molar-refractivity contribution in [2.75, 3.05) is 6.54 Å². The van der Waals surface area contributed by atoms with Gasteiger partial charge in [0.15, 0.2) is 5.76 Å². The number of imide groups is 1. The number of hydrogen-bond donors (Lipinski definition) is 3. The van der Waals surface area contributed by atoms with Crippen LogP contribution in [0.25, 0.3) is 11.0 Å². The van der Waals surface area contributed by atoms with Crippen molar-refractivity contribution in [2.24, 2.45) is 5.92 Å². The maximum absolute atomic E-state index is 12.9. The van der Waals surface area contributed by atoms with E-state index in [0.29, 0.717) is 17.6 Å². The van der Waals surface area contributed by atoms with E-state index in [1.54, 1.807) is 19.1 Å². The Morgan fingerprint density at radius 2 is 2.00 bits per heavy atom. The number of hydrogen-bond acceptors (Lipinski definition) is 5. The number of fused-ring (bicyclic) bond motifs is 1. The monoisotopic (exact) mass is 412 g/mol. The summed E-state index contributed by atoms with van der Waals surface area (Å²) in [6.45, 7) is 3.22. The second-order valence-electron chi connectivity index (χ2n) is 7.99. The number of urea groups is 1. The molecule has 0 radical (unpaired) electrons. The zero-order valence-electron chi connectivity index (χ0n) is 16.9. The van der Waals surface area contributed by atoms with E-state index in [4.69, 9.17) is 4.42 Å². The average molecular weight is 412 g/mol. The van der Waals surface area contributed by atoms with Crippen molar-refractivity contribution in [3.05, 3.63) is 35.6 Å². The molecular formula is C21H24N4O5. The lowest BCUT2D eigenvalue weighted by molar-refractivity contribution is -0.137. The number of hydrazine groups is 1. The highest BCUT2D eigenvalue weighted by Gasteiger charge is 2.55. The van der Waals surface area contributed by atoms with Gasteiger partial charge >= 0.3 is 11.9 Å². The van der Waals surface area contributed by atoms with Gasteiger partial charge in [-0.3, -0.25) is 30.1 Å². The van der Waals surface area contributed by atoms with Gasteiger partial charge in [0, 0.05) is 10.9 Å². The molecule has 9 nitrogen and oxygen atoms in total. The minimum absolute atomic E-state index is 0.00604. The number of amides is 5. The highest BCUT2D eigenvalue weighted by molar-refractivity contribution is 6.09. The molecule has 1 aliphatic carbocycles. The van der Waals surface area contributed by atoms with Crippen molar-refractivity contribution in [1.82, 2.24) is 21.1 Å². The van der Waals surface area contributed by atoms with Gasteiger partial charge in [0.2, 0.25) is 0 Å². The Labute approximate surface area is 173 Å². The van der Waals surface area contributed by atoms with E-state index in [2.05, 4.69) is 16.2 Å². The van der Waals surface area contributed by atoms with Crippen LogP contribution in [0.15, 0.2) is 28.7 Å². The number of benzene rings is 1. The summed E-state index contributed by atoms with van der Waals surface area (Å²) in [6.07, 6.45) is 3.28. The lowest BCUT2D eigenvalue weighted by Crippen LogP contribution is -2.54. The predicted octanol–water partition coefficient (Wildman–Crippen LogP) is 2.00. The smallest absolute Gasteiger partial charge is 0.325 e. The van der Waals surface area contributed by atoms with E-state index in [0.717, 1.165) is 29.5 Å². The molecule has 5 amide bonds. The fraction of sp³-hybridized carbons (Fsp3) is 0.429. The van der Waals surface area contributed by atoms with Gasteiger partial charge in [-0.2, -0.15) is 0 Å². The second kappa shape index (κ2) is 7.47. The van der Waals surface area contributed by atoms with E-state index in [1.807, 2.05) is 19.1 Å². The first kappa shape index (κ1) is 19.9. The van der Waals surface area contributed by atoms with Gasteiger partial charge in [0.25, 0.3) is 11.8 Å². The molecule has 1 aromatic carbocycles. The van der Waals surface area contributed by atoms with Crippen molar-refractivity contribution in [1.29, 1.82) is 0 Å². The molecule has 2 aromatic rings. The van der Waals surface area contributed by atoms with Crippen molar-refractivity contribution >= 4 is 34.7 Å². The standard InChI is InChI=1S/C21H24N4O5/c1-12-7-5-6-10-21(12)19(28)25(20(29)22-21)11-16(26)23-24-18(27)17-13(2)14-8-3-4-9-15(14)30-17/h3-4,8-9,12H,5-7,10-11H2,1-2H3,(H,22,29)(H,23,26)(H,24,27). The van der Waals surface area contributed by atoms with Gasteiger partial charge in [-0.1, -0.05) is 38.0 Å². The number of carbonyl (C=O) groups is 4. The fourth-order valence-electron chi connectivity index (χ4n) is 4.40. The Morgan fingerprint density at radius 1 is 1.23 bits per heavy atom. The molecule has 2 aliphatic rings. The van der Waals surface area contributed by atoms with Crippen molar-refractivity contribution in [3.63, 3.8) is 0 Å². The van der Waals surface area contributed by atoms with Crippen LogP contribution in [0.1, 0.15) is 48.7 Å². The third kappa shape index (κ3) is 3.20. The van der Waals surface area contributed by atoms with Crippen molar-refractivity contribution in [2.45, 2.75) is 45.1 Å². The van der Waals surface area contributed by atoms with Crippen LogP contribution in [0.4, 0.5) is 4.79 Å². The Morgan fingerprint density at radius 3 is 2.73 bits per heavy atom. The predicted molar refractivity (Wildman–Crippen MR) is 107 cm³/mol. The molecule has 2 unspecified atom stereocenters. The maximum Gasteiger partial charge on any atom is 0.325 e. The molecule has 0 bridgehead atoms. The molecule has 1 aliphatic heterocycles. The summed E-state index contributed by atoms with van der Waals surface area (Å²) in [5.41, 5.74) is 4.83. The van der Waals surface area contributed by atoms with Crippen LogP contribution >= 0.6 is 0 Å². The van der Waals surface area contributed by atoms with Gasteiger partial charge < -0.3 is 9.73 Å². The van der Waals surface area contributed by atoms with Crippen molar-refractivity contribution < 1.29 is 23.6 Å². The summed E-state index contributed by atoms with van der Waals surface area (Å²) < 4.78 is 5.56. The van der Waals surface area contributed by atoms with Gasteiger partial charge in [0.05, 0.1) is 0 Å². The molecule has 30 heavy (non-hydrogen) atoms. The number of nitrogens with one attached hydrogen (secondary N) is 3. The van der Waals surface area contributed by atoms with Crippen LogP contribution < -0.4 is 16.2 Å². The normalized spacial score (nSPS) is 23.7. The molecule has 9 heteroatoms. The lowest BCUT2D eigenvalue weighted by atomic mass is 9.73. The molecule has 1 saturated carbocycles. The van der Waals surface area contributed by atoms with Crippen LogP contribution in [0.2, 0.25) is 0 Å². The van der Waals surface area contributed by atoms with Crippen LogP contribution in [0.5, 0.6) is 0 Å². The quantitative estimate of drug-likeness (QED) is 0.526. The summed E-state index contributed by atoms with van der Waals surface area (Å²) in [4.78, 5) is 50.9. The summed E-state index contributed by atoms with van der Waals surface area (Å²) in [7, 11) is 0. The number of nitrogens with zero attached hydrogens (tertiary/aromatic N) is 1. The molecule has 3 N–H and O–H groups in total. The van der Waals surface area contributed by atoms with E-state index >= 15 is 0 Å². The molecule has 2 heterocycles. The Balaban J connectivity index is 1.39. The molecule has 1 spiro atoms. The first-order valence-corrected chi connectivity index (χ1v) is 10.0. The molecule has 4 rings (SSSR count). The second-order valence-corrected chi connectivity index (χ2v) is 7.99. The number of carbonyl (C=O) groups excluding carboxylic acids is 4. The third-order valence-electron chi connectivity index (χ3n) is 6.17. The summed E-state index contributed by atoms with van der Waals surface area (Å²) >= 11 is 0. The lowest BCUT2D eigenvalue weighted by Gasteiger charge is -2.36. The Bertz CT molecular complexity index is 1050. The molecular weight excluding hydrogens is 388 g/mol. The Kier molecular flexibility index (Phi) is 4.97. The van der Waals surface area contributed by atoms with E-state index in [1.165, 1.54) is 0 Å². The third-order valence-corrected chi connectivity index (χ3v) is 6.17. The largest absolute Gasteiger partial charge is 0.451 e. The zero-order chi connectivity index (χ0) is 21.5. The molecule has 2 atom stereocenters. The summed E-state index contributed by atoms with van der Waals surface area (Å²) in [5, 5.41) is 3.60. The van der Waals surface area contributed by atoms with E-state index in [9.17, 15) is 19.2 Å². The van der Waals surface area contributed by atoms with Crippen LogP contribution in [0.3, 0.4) is 0 Å². The first-order valence-electron chi connectivity index (χ1n) is 10.0. The van der Waals surface area contributed by atoms with E-state index in [-0.39, 0.29) is 17.6 Å². The number of furan rings is 1. The molecule has 158 valence electrons.